The Bertz CT molecular complexity index is 974. The van der Waals surface area contributed by atoms with E-state index in [0.29, 0.717) is 33.4 Å². The van der Waals surface area contributed by atoms with Gasteiger partial charge in [0.25, 0.3) is 0 Å². The molecule has 6 nitrogen and oxygen atoms in total. The van der Waals surface area contributed by atoms with Crippen LogP contribution in [0.5, 0.6) is 11.5 Å². The lowest BCUT2D eigenvalue weighted by Gasteiger charge is -2.14. The van der Waals surface area contributed by atoms with Crippen molar-refractivity contribution in [3.8, 4) is 22.8 Å². The zero-order valence-corrected chi connectivity index (χ0v) is 16.0. The van der Waals surface area contributed by atoms with Crippen LogP contribution in [0, 0.1) is 5.41 Å². The van der Waals surface area contributed by atoms with Crippen molar-refractivity contribution in [3.05, 3.63) is 64.7 Å². The van der Waals surface area contributed by atoms with Crippen LogP contribution in [0.1, 0.15) is 11.1 Å². The monoisotopic (exact) mass is 382 g/mol. The SMILES string of the molecule is CNc1nnc(-c2ccc(OC)cc2)c(Cl)c1C(=N)c1cccc(OC)c1. The topological polar surface area (TPSA) is 80.1 Å². The summed E-state index contributed by atoms with van der Waals surface area (Å²) in [6, 6.07) is 14.6. The van der Waals surface area contributed by atoms with Crippen LogP contribution in [-0.2, 0) is 0 Å². The summed E-state index contributed by atoms with van der Waals surface area (Å²) in [5.41, 5.74) is 2.67. The Balaban J connectivity index is 2.11. The van der Waals surface area contributed by atoms with Crippen molar-refractivity contribution in [2.75, 3.05) is 26.6 Å². The van der Waals surface area contributed by atoms with E-state index < -0.39 is 0 Å². The number of hydrogen-bond donors (Lipinski definition) is 2. The maximum atomic E-state index is 8.68. The average Bonchev–Trinajstić information content (AvgIpc) is 2.73. The van der Waals surface area contributed by atoms with E-state index in [1.807, 2.05) is 42.5 Å². The van der Waals surface area contributed by atoms with Gasteiger partial charge in [-0.15, -0.1) is 10.2 Å². The van der Waals surface area contributed by atoms with Gasteiger partial charge >= 0.3 is 0 Å². The first kappa shape index (κ1) is 18.7. The first-order chi connectivity index (χ1) is 13.1. The summed E-state index contributed by atoms with van der Waals surface area (Å²) >= 11 is 6.67. The molecule has 0 aliphatic carbocycles. The minimum absolute atomic E-state index is 0.230. The number of methoxy groups -OCH3 is 2. The van der Waals surface area contributed by atoms with Crippen LogP contribution in [0.2, 0.25) is 5.02 Å². The lowest BCUT2D eigenvalue weighted by Crippen LogP contribution is -2.11. The summed E-state index contributed by atoms with van der Waals surface area (Å²) in [7, 11) is 4.91. The number of rotatable bonds is 6. The number of ether oxygens (including phenoxy) is 2. The molecule has 0 radical (unpaired) electrons. The molecule has 0 amide bonds. The number of benzene rings is 2. The molecule has 27 heavy (non-hydrogen) atoms. The molecule has 2 N–H and O–H groups in total. The van der Waals surface area contributed by atoms with Gasteiger partial charge in [0.2, 0.25) is 0 Å². The number of halogens is 1. The standard InChI is InChI=1S/C20H19ClN4O2/c1-23-20-16(18(22)13-5-4-6-15(11-13)27-3)17(21)19(24-25-20)12-7-9-14(26-2)10-8-12/h4-11,22H,1-3H3,(H,23,25). The van der Waals surface area contributed by atoms with E-state index in [-0.39, 0.29) is 5.71 Å². The molecule has 0 fully saturated rings. The predicted molar refractivity (Wildman–Crippen MR) is 108 cm³/mol. The molecule has 0 bridgehead atoms. The van der Waals surface area contributed by atoms with Crippen molar-refractivity contribution in [1.82, 2.24) is 10.2 Å². The van der Waals surface area contributed by atoms with Crippen molar-refractivity contribution in [3.63, 3.8) is 0 Å². The zero-order chi connectivity index (χ0) is 19.4. The largest absolute Gasteiger partial charge is 0.497 e. The highest BCUT2D eigenvalue weighted by Gasteiger charge is 2.20. The molecule has 1 heterocycles. The van der Waals surface area contributed by atoms with Crippen LogP contribution in [-0.4, -0.2) is 37.2 Å². The van der Waals surface area contributed by atoms with Crippen LogP contribution < -0.4 is 14.8 Å². The first-order valence-corrected chi connectivity index (χ1v) is 8.58. The second-order valence-electron chi connectivity index (χ2n) is 5.67. The van der Waals surface area contributed by atoms with Crippen molar-refractivity contribution in [1.29, 1.82) is 5.41 Å². The second kappa shape index (κ2) is 8.05. The van der Waals surface area contributed by atoms with Crippen LogP contribution >= 0.6 is 11.6 Å². The molecular formula is C20H19ClN4O2. The summed E-state index contributed by atoms with van der Waals surface area (Å²) in [4.78, 5) is 0. The van der Waals surface area contributed by atoms with Gasteiger partial charge < -0.3 is 14.8 Å². The fourth-order valence-corrected chi connectivity index (χ4v) is 3.01. The normalized spacial score (nSPS) is 10.4. The quantitative estimate of drug-likeness (QED) is 0.622. The summed E-state index contributed by atoms with van der Waals surface area (Å²) < 4.78 is 10.4. The second-order valence-corrected chi connectivity index (χ2v) is 6.05. The minimum atomic E-state index is 0.230. The maximum absolute atomic E-state index is 8.68. The molecule has 2 aromatic carbocycles. The van der Waals surface area contributed by atoms with Gasteiger partial charge in [-0.2, -0.15) is 0 Å². The molecule has 0 aliphatic heterocycles. The minimum Gasteiger partial charge on any atom is -0.497 e. The highest BCUT2D eigenvalue weighted by molar-refractivity contribution is 6.38. The molecular weight excluding hydrogens is 364 g/mol. The van der Waals surface area contributed by atoms with Crippen molar-refractivity contribution in [2.24, 2.45) is 0 Å². The van der Waals surface area contributed by atoms with Crippen molar-refractivity contribution < 1.29 is 9.47 Å². The Labute approximate surface area is 162 Å². The number of anilines is 1. The van der Waals surface area contributed by atoms with Crippen LogP contribution in [0.25, 0.3) is 11.3 Å². The van der Waals surface area contributed by atoms with Gasteiger partial charge in [-0.05, 0) is 36.4 Å². The van der Waals surface area contributed by atoms with Gasteiger partial charge in [-0.25, -0.2) is 0 Å². The molecule has 0 saturated heterocycles. The summed E-state index contributed by atoms with van der Waals surface area (Å²) in [5.74, 6) is 1.83. The highest BCUT2D eigenvalue weighted by atomic mass is 35.5. The lowest BCUT2D eigenvalue weighted by atomic mass is 10.0. The van der Waals surface area contributed by atoms with E-state index >= 15 is 0 Å². The van der Waals surface area contributed by atoms with E-state index in [4.69, 9.17) is 26.5 Å². The van der Waals surface area contributed by atoms with Gasteiger partial charge in [0.15, 0.2) is 5.82 Å². The third-order valence-electron chi connectivity index (χ3n) is 4.12. The summed E-state index contributed by atoms with van der Waals surface area (Å²) in [5, 5.41) is 20.5. The Morgan fingerprint density at radius 1 is 1.00 bits per heavy atom. The number of aromatic nitrogens is 2. The summed E-state index contributed by atoms with van der Waals surface area (Å²) in [6.45, 7) is 0. The first-order valence-electron chi connectivity index (χ1n) is 8.20. The average molecular weight is 383 g/mol. The predicted octanol–water partition coefficient (Wildman–Crippen LogP) is 4.27. The zero-order valence-electron chi connectivity index (χ0n) is 15.2. The Morgan fingerprint density at radius 2 is 1.70 bits per heavy atom. The van der Waals surface area contributed by atoms with E-state index in [2.05, 4.69) is 15.5 Å². The third kappa shape index (κ3) is 3.71. The van der Waals surface area contributed by atoms with Crippen molar-refractivity contribution in [2.45, 2.75) is 0 Å². The highest BCUT2D eigenvalue weighted by Crippen LogP contribution is 2.34. The van der Waals surface area contributed by atoms with Gasteiger partial charge in [-0.1, -0.05) is 23.7 Å². The van der Waals surface area contributed by atoms with Gasteiger partial charge in [-0.3, -0.25) is 5.41 Å². The fourth-order valence-electron chi connectivity index (χ4n) is 2.68. The molecule has 0 aliphatic rings. The molecule has 0 saturated carbocycles. The Kier molecular flexibility index (Phi) is 5.57. The molecule has 0 atom stereocenters. The molecule has 3 aromatic rings. The van der Waals surface area contributed by atoms with E-state index in [1.165, 1.54) is 0 Å². The molecule has 3 rings (SSSR count). The molecule has 1 aromatic heterocycles. The smallest absolute Gasteiger partial charge is 0.159 e. The van der Waals surface area contributed by atoms with Crippen molar-refractivity contribution >= 4 is 23.1 Å². The summed E-state index contributed by atoms with van der Waals surface area (Å²) in [6.07, 6.45) is 0. The lowest BCUT2D eigenvalue weighted by molar-refractivity contribution is 0.414. The van der Waals surface area contributed by atoms with E-state index in [9.17, 15) is 0 Å². The van der Waals surface area contributed by atoms with Crippen LogP contribution in [0.4, 0.5) is 5.82 Å². The van der Waals surface area contributed by atoms with Gasteiger partial charge in [0.05, 0.1) is 30.5 Å². The van der Waals surface area contributed by atoms with Gasteiger partial charge in [0.1, 0.15) is 17.2 Å². The fraction of sp³-hybridized carbons (Fsp3) is 0.150. The Hall–Kier alpha value is -3.12. The number of nitrogens with one attached hydrogen (secondary N) is 2. The number of nitrogens with zero attached hydrogens (tertiary/aromatic N) is 2. The van der Waals surface area contributed by atoms with Crippen LogP contribution in [0.3, 0.4) is 0 Å². The Morgan fingerprint density at radius 3 is 2.33 bits per heavy atom. The van der Waals surface area contributed by atoms with E-state index in [0.717, 1.165) is 11.3 Å². The van der Waals surface area contributed by atoms with Gasteiger partial charge in [0, 0.05) is 18.2 Å². The third-order valence-corrected chi connectivity index (χ3v) is 4.49. The maximum Gasteiger partial charge on any atom is 0.159 e. The molecule has 138 valence electrons. The molecule has 0 spiro atoms. The molecule has 7 heteroatoms. The molecule has 0 unspecified atom stereocenters. The van der Waals surface area contributed by atoms with E-state index in [1.54, 1.807) is 27.3 Å². The van der Waals surface area contributed by atoms with Crippen LogP contribution in [0.15, 0.2) is 48.5 Å². The number of hydrogen-bond acceptors (Lipinski definition) is 6.